The van der Waals surface area contributed by atoms with Gasteiger partial charge in [-0.25, -0.2) is 4.79 Å². The van der Waals surface area contributed by atoms with Gasteiger partial charge in [0.15, 0.2) is 4.77 Å². The highest BCUT2D eigenvalue weighted by Gasteiger charge is 2.22. The molecule has 0 aliphatic carbocycles. The summed E-state index contributed by atoms with van der Waals surface area (Å²) in [6.45, 7) is 6.29. The molecular weight excluding hydrogens is 288 g/mol. The minimum Gasteiger partial charge on any atom is -0.531 e. The molecule has 18 heavy (non-hydrogen) atoms. The fourth-order valence-corrected chi connectivity index (χ4v) is 2.89. The molecular formula is C10H18N2O3S2Si. The average molecular weight is 306 g/mol. The minimum atomic E-state index is -1.72. The summed E-state index contributed by atoms with van der Waals surface area (Å²) in [4.78, 5) is 14.2. The molecule has 0 atom stereocenters. The van der Waals surface area contributed by atoms with E-state index in [-0.39, 0.29) is 5.30 Å². The first-order chi connectivity index (χ1) is 8.24. The van der Waals surface area contributed by atoms with Gasteiger partial charge in [0.2, 0.25) is 14.2 Å². The van der Waals surface area contributed by atoms with Crippen molar-refractivity contribution in [3.8, 4) is 5.88 Å². The Bertz CT molecular complexity index is 490. The zero-order valence-electron chi connectivity index (χ0n) is 11.2. The van der Waals surface area contributed by atoms with Gasteiger partial charge in [0.1, 0.15) is 0 Å². The van der Waals surface area contributed by atoms with Gasteiger partial charge in [0.05, 0.1) is 18.6 Å². The predicted octanol–water partition coefficient (Wildman–Crippen LogP) is 3.30. The normalized spacial score (nSPS) is 11.4. The molecule has 0 radical (unpaired) electrons. The van der Waals surface area contributed by atoms with Gasteiger partial charge < -0.3 is 14.1 Å². The number of imidazole rings is 1. The van der Waals surface area contributed by atoms with Crippen LogP contribution in [0.3, 0.4) is 0 Å². The third-order valence-electron chi connectivity index (χ3n) is 2.03. The number of rotatable bonds is 4. The Morgan fingerprint density at radius 3 is 2.61 bits per heavy atom. The Morgan fingerprint density at radius 1 is 1.50 bits per heavy atom. The van der Waals surface area contributed by atoms with Crippen LogP contribution in [0.1, 0.15) is 5.69 Å². The van der Waals surface area contributed by atoms with Gasteiger partial charge >= 0.3 is 5.30 Å². The fourth-order valence-electron chi connectivity index (χ4n) is 1.27. The molecule has 0 aromatic carbocycles. The Hall–Kier alpha value is -0.733. The van der Waals surface area contributed by atoms with Crippen LogP contribution in [0.25, 0.3) is 0 Å². The van der Waals surface area contributed by atoms with Gasteiger partial charge in [0, 0.05) is 7.05 Å². The van der Waals surface area contributed by atoms with Crippen molar-refractivity contribution in [2.45, 2.75) is 25.4 Å². The van der Waals surface area contributed by atoms with Crippen molar-refractivity contribution >= 4 is 37.6 Å². The van der Waals surface area contributed by atoms with Crippen molar-refractivity contribution in [1.29, 1.82) is 0 Å². The lowest BCUT2D eigenvalue weighted by atomic mass is 10.5. The van der Waals surface area contributed by atoms with Gasteiger partial charge in [-0.1, -0.05) is 0 Å². The molecule has 1 aromatic heterocycles. The Labute approximate surface area is 117 Å². The summed E-state index contributed by atoms with van der Waals surface area (Å²) >= 11 is 6.25. The van der Waals surface area contributed by atoms with E-state index in [0.29, 0.717) is 10.5 Å². The number of carbonyl (C=O) groups is 1. The van der Waals surface area contributed by atoms with Crippen LogP contribution in [0.5, 0.6) is 5.88 Å². The molecule has 5 nitrogen and oxygen atoms in total. The van der Waals surface area contributed by atoms with E-state index >= 15 is 0 Å². The Balaban J connectivity index is 2.94. The highest BCUT2D eigenvalue weighted by Crippen LogP contribution is 2.25. The monoisotopic (exact) mass is 306 g/mol. The van der Waals surface area contributed by atoms with Crippen molar-refractivity contribution < 1.29 is 14.0 Å². The first-order valence-electron chi connectivity index (χ1n) is 5.42. The second kappa shape index (κ2) is 5.94. The third kappa shape index (κ3) is 4.18. The number of nitrogens with one attached hydrogen (secondary N) is 1. The molecule has 0 saturated carbocycles. The SMILES string of the molecule is COC(=O)SCc1[nH]c(=S)n(C)c1O[Si](C)(C)C. The summed E-state index contributed by atoms with van der Waals surface area (Å²) in [7, 11) is 1.49. The van der Waals surface area contributed by atoms with Crippen molar-refractivity contribution in [2.75, 3.05) is 7.11 Å². The Kier molecular flexibility index (Phi) is 5.06. The van der Waals surface area contributed by atoms with E-state index in [1.165, 1.54) is 7.11 Å². The van der Waals surface area contributed by atoms with Crippen molar-refractivity contribution in [3.05, 3.63) is 10.5 Å². The summed E-state index contributed by atoms with van der Waals surface area (Å²) in [6.07, 6.45) is 0. The number of nitrogens with zero attached hydrogens (tertiary/aromatic N) is 1. The molecule has 0 aliphatic rings. The number of thioether (sulfide) groups is 1. The average Bonchev–Trinajstić information content (AvgIpc) is 2.52. The van der Waals surface area contributed by atoms with E-state index in [1.807, 2.05) is 7.05 Å². The quantitative estimate of drug-likeness (QED) is 0.525. The molecule has 0 aliphatic heterocycles. The van der Waals surface area contributed by atoms with Gasteiger partial charge in [-0.3, -0.25) is 4.57 Å². The van der Waals surface area contributed by atoms with E-state index in [9.17, 15) is 4.79 Å². The van der Waals surface area contributed by atoms with Crippen LogP contribution in [0.2, 0.25) is 19.6 Å². The van der Waals surface area contributed by atoms with Crippen molar-refractivity contribution in [1.82, 2.24) is 9.55 Å². The number of hydrogen-bond acceptors (Lipinski definition) is 5. The highest BCUT2D eigenvalue weighted by atomic mass is 32.2. The van der Waals surface area contributed by atoms with Crippen LogP contribution in [-0.2, 0) is 17.5 Å². The number of aromatic nitrogens is 2. The molecule has 0 fully saturated rings. The van der Waals surface area contributed by atoms with Crippen LogP contribution < -0.4 is 4.43 Å². The van der Waals surface area contributed by atoms with E-state index in [0.717, 1.165) is 23.3 Å². The first kappa shape index (κ1) is 15.3. The second-order valence-electron chi connectivity index (χ2n) is 4.73. The van der Waals surface area contributed by atoms with Crippen LogP contribution >= 0.6 is 24.0 Å². The van der Waals surface area contributed by atoms with Crippen molar-refractivity contribution in [2.24, 2.45) is 7.05 Å². The maximum absolute atomic E-state index is 11.1. The van der Waals surface area contributed by atoms with Crippen LogP contribution in [0.4, 0.5) is 4.79 Å². The molecule has 1 aromatic rings. The van der Waals surface area contributed by atoms with E-state index in [4.69, 9.17) is 16.6 Å². The number of carbonyl (C=O) groups excluding carboxylic acids is 1. The fraction of sp³-hybridized carbons (Fsp3) is 0.600. The van der Waals surface area contributed by atoms with Gasteiger partial charge in [-0.05, 0) is 43.6 Å². The predicted molar refractivity (Wildman–Crippen MR) is 78.3 cm³/mol. The number of aromatic amines is 1. The zero-order chi connectivity index (χ0) is 13.9. The number of H-pyrrole nitrogens is 1. The van der Waals surface area contributed by atoms with E-state index in [2.05, 4.69) is 29.4 Å². The summed E-state index contributed by atoms with van der Waals surface area (Å²) in [5, 5.41) is -0.322. The molecule has 1 N–H and O–H groups in total. The first-order valence-corrected chi connectivity index (χ1v) is 10.2. The number of ether oxygens (including phenoxy) is 1. The lowest BCUT2D eigenvalue weighted by molar-refractivity contribution is 0.200. The maximum Gasteiger partial charge on any atom is 0.367 e. The molecule has 8 heteroatoms. The molecule has 0 amide bonds. The topological polar surface area (TPSA) is 56.2 Å². The number of methoxy groups -OCH3 is 1. The molecule has 1 heterocycles. The second-order valence-corrected chi connectivity index (χ2v) is 10.5. The molecule has 0 bridgehead atoms. The standard InChI is InChI=1S/C10H18N2O3S2Si/c1-12-8(15-18(3,4)5)7(11-9(12)16)6-17-10(13)14-2/h6H2,1-5H3,(H,11,16). The smallest absolute Gasteiger partial charge is 0.367 e. The highest BCUT2D eigenvalue weighted by molar-refractivity contribution is 8.12. The van der Waals surface area contributed by atoms with Gasteiger partial charge in [-0.15, -0.1) is 0 Å². The molecule has 0 unspecified atom stereocenters. The van der Waals surface area contributed by atoms with Crippen molar-refractivity contribution in [3.63, 3.8) is 0 Å². The molecule has 0 saturated heterocycles. The van der Waals surface area contributed by atoms with Gasteiger partial charge in [-0.2, -0.15) is 0 Å². The molecule has 0 spiro atoms. The summed E-state index contributed by atoms with van der Waals surface area (Å²) in [6, 6.07) is 0. The number of hydrogen-bond donors (Lipinski definition) is 1. The minimum absolute atomic E-state index is 0.322. The lowest BCUT2D eigenvalue weighted by Gasteiger charge is -2.20. The van der Waals surface area contributed by atoms with Crippen LogP contribution in [-0.4, -0.2) is 30.3 Å². The largest absolute Gasteiger partial charge is 0.531 e. The van der Waals surface area contributed by atoms with E-state index in [1.54, 1.807) is 4.57 Å². The van der Waals surface area contributed by atoms with Crippen LogP contribution in [0, 0.1) is 4.77 Å². The molecule has 102 valence electrons. The summed E-state index contributed by atoms with van der Waals surface area (Å²) < 4.78 is 13.0. The van der Waals surface area contributed by atoms with E-state index < -0.39 is 8.32 Å². The Morgan fingerprint density at radius 2 is 2.11 bits per heavy atom. The zero-order valence-corrected chi connectivity index (χ0v) is 13.8. The third-order valence-corrected chi connectivity index (χ3v) is 4.05. The van der Waals surface area contributed by atoms with Crippen LogP contribution in [0.15, 0.2) is 0 Å². The van der Waals surface area contributed by atoms with Gasteiger partial charge in [0.25, 0.3) is 0 Å². The molecule has 1 rings (SSSR count). The summed E-state index contributed by atoms with van der Waals surface area (Å²) in [5.74, 6) is 1.17. The summed E-state index contributed by atoms with van der Waals surface area (Å²) in [5.41, 5.74) is 0.820. The maximum atomic E-state index is 11.1. The lowest BCUT2D eigenvalue weighted by Crippen LogP contribution is -2.30.